The van der Waals surface area contributed by atoms with Crippen LogP contribution in [0.3, 0.4) is 0 Å². The van der Waals surface area contributed by atoms with Crippen molar-refractivity contribution in [1.29, 1.82) is 0 Å². The number of methoxy groups -OCH3 is 2. The summed E-state index contributed by atoms with van der Waals surface area (Å²) in [5.74, 6) is -4.02. The van der Waals surface area contributed by atoms with Crippen molar-refractivity contribution in [3.63, 3.8) is 0 Å². The van der Waals surface area contributed by atoms with E-state index < -0.39 is 60.0 Å². The van der Waals surface area contributed by atoms with Crippen LogP contribution in [0.5, 0.6) is 0 Å². The molecule has 2 N–H and O–H groups in total. The highest BCUT2D eigenvalue weighted by Crippen LogP contribution is 2.64. The van der Waals surface area contributed by atoms with Gasteiger partial charge in [-0.1, -0.05) is 92.1 Å². The minimum atomic E-state index is -0.855. The molecule has 0 spiro atoms. The number of hydrogen-bond donors (Lipinski definition) is 2. The van der Waals surface area contributed by atoms with Crippen LogP contribution in [0.4, 0.5) is 0 Å². The van der Waals surface area contributed by atoms with Crippen molar-refractivity contribution in [2.75, 3.05) is 47.5 Å². The summed E-state index contributed by atoms with van der Waals surface area (Å²) < 4.78 is 12.3. The van der Waals surface area contributed by atoms with Crippen LogP contribution >= 0.6 is 0 Å². The molecule has 6 amide bonds. The van der Waals surface area contributed by atoms with Gasteiger partial charge >= 0.3 is 5.97 Å². The molecule has 3 aliphatic heterocycles. The third-order valence-electron chi connectivity index (χ3n) is 16.2. The summed E-state index contributed by atoms with van der Waals surface area (Å²) >= 11 is 0. The van der Waals surface area contributed by atoms with Crippen molar-refractivity contribution >= 4 is 47.2 Å². The molecule has 0 radical (unpaired) electrons. The molecular formula is C55H86N6O12. The molecule has 408 valence electrons. The first-order valence-corrected chi connectivity index (χ1v) is 26.9. The molecule has 18 nitrogen and oxygen atoms in total. The minimum absolute atomic E-state index is 0.0109. The fraction of sp³-hybridized carbons (Fsp3) is 0.745. The molecule has 1 aromatic carbocycles. The fourth-order valence-electron chi connectivity index (χ4n) is 11.8. The largest absolute Gasteiger partial charge is 0.380 e. The number of carbonyl (C=O) groups is 8. The number of ether oxygens (including phenoxy) is 2. The van der Waals surface area contributed by atoms with Crippen LogP contribution in [0.2, 0.25) is 0 Å². The van der Waals surface area contributed by atoms with E-state index in [2.05, 4.69) is 24.5 Å². The molecule has 1 aromatic rings. The first-order chi connectivity index (χ1) is 34.7. The number of rotatable bonds is 28. The maximum Gasteiger partial charge on any atom is 0.333 e. The van der Waals surface area contributed by atoms with Gasteiger partial charge < -0.3 is 29.8 Å². The van der Waals surface area contributed by atoms with E-state index >= 15 is 0 Å². The number of Topliss-reactive ketones (excluding diaryl/α,β-unsaturated/α-hetero) is 1. The number of carbonyl (C=O) groups excluding carboxylic acids is 8. The molecule has 3 saturated heterocycles. The molecule has 11 atom stereocenters. The summed E-state index contributed by atoms with van der Waals surface area (Å²) in [6.07, 6.45) is 4.91. The summed E-state index contributed by atoms with van der Waals surface area (Å²) in [7, 11) is 5.00. The quantitative estimate of drug-likeness (QED) is 0.100. The number of benzene rings is 1. The summed E-state index contributed by atoms with van der Waals surface area (Å²) in [6.45, 7) is 17.5. The summed E-state index contributed by atoms with van der Waals surface area (Å²) in [4.78, 5) is 122. The number of hydrogen-bond acceptors (Lipinski definition) is 13. The van der Waals surface area contributed by atoms with Crippen molar-refractivity contribution in [1.82, 2.24) is 30.6 Å². The molecule has 1 unspecified atom stereocenters. The van der Waals surface area contributed by atoms with E-state index in [9.17, 15) is 38.4 Å². The molecule has 73 heavy (non-hydrogen) atoms. The highest BCUT2D eigenvalue weighted by atomic mass is 16.7. The Balaban J connectivity index is 1.20. The molecular weight excluding hydrogens is 937 g/mol. The van der Waals surface area contributed by atoms with Crippen molar-refractivity contribution < 1.29 is 57.5 Å². The zero-order chi connectivity index (χ0) is 53.7. The zero-order valence-electron chi connectivity index (χ0n) is 45.5. The molecule has 1 aliphatic carbocycles. The topological polar surface area (TPSA) is 210 Å². The Kier molecular flexibility index (Phi) is 22.0. The Morgan fingerprint density at radius 2 is 1.55 bits per heavy atom. The van der Waals surface area contributed by atoms with Crippen LogP contribution in [0, 0.1) is 40.9 Å². The van der Waals surface area contributed by atoms with E-state index in [4.69, 9.17) is 19.1 Å². The number of hydroxylamine groups is 4. The van der Waals surface area contributed by atoms with Gasteiger partial charge in [-0.15, -0.1) is 5.06 Å². The average Bonchev–Trinajstić information content (AvgIpc) is 3.70. The van der Waals surface area contributed by atoms with E-state index in [0.29, 0.717) is 57.0 Å². The number of nitrogens with one attached hydrogen (secondary N) is 2. The van der Waals surface area contributed by atoms with E-state index in [-0.39, 0.29) is 90.2 Å². The van der Waals surface area contributed by atoms with Crippen LogP contribution in [-0.4, -0.2) is 151 Å². The van der Waals surface area contributed by atoms with Crippen molar-refractivity contribution in [3.8, 4) is 0 Å². The Morgan fingerprint density at radius 1 is 0.863 bits per heavy atom. The Labute approximate surface area is 433 Å². The first-order valence-electron chi connectivity index (χ1n) is 26.9. The molecule has 18 heteroatoms. The second kappa shape index (κ2) is 27.1. The summed E-state index contributed by atoms with van der Waals surface area (Å²) in [5, 5.41) is 8.02. The lowest BCUT2D eigenvalue weighted by Gasteiger charge is -2.37. The van der Waals surface area contributed by atoms with Crippen LogP contribution < -0.4 is 10.6 Å². The predicted octanol–water partition coefficient (Wildman–Crippen LogP) is 5.45. The van der Waals surface area contributed by atoms with Crippen molar-refractivity contribution in [2.45, 2.75) is 175 Å². The molecule has 0 bridgehead atoms. The van der Waals surface area contributed by atoms with E-state index in [0.717, 1.165) is 37.7 Å². The van der Waals surface area contributed by atoms with Gasteiger partial charge in [0.15, 0.2) is 5.78 Å². The Morgan fingerprint density at radius 3 is 2.14 bits per heavy atom. The van der Waals surface area contributed by atoms with E-state index in [1.807, 2.05) is 74.8 Å². The van der Waals surface area contributed by atoms with Crippen LogP contribution in [0.1, 0.15) is 138 Å². The molecule has 0 aromatic heterocycles. The maximum absolute atomic E-state index is 14.6. The van der Waals surface area contributed by atoms with Crippen LogP contribution in [0.15, 0.2) is 30.3 Å². The van der Waals surface area contributed by atoms with Gasteiger partial charge in [-0.05, 0) is 87.8 Å². The fourth-order valence-corrected chi connectivity index (χ4v) is 11.8. The third kappa shape index (κ3) is 14.8. The number of amides is 6. The highest BCUT2D eigenvalue weighted by molar-refractivity contribution is 6.01. The lowest BCUT2D eigenvalue weighted by Crippen LogP contribution is -2.55. The lowest BCUT2D eigenvalue weighted by molar-refractivity contribution is -0.199. The lowest BCUT2D eigenvalue weighted by atomic mass is 9.77. The molecule has 4 fully saturated rings. The Bertz CT molecular complexity index is 2050. The normalized spacial score (nSPS) is 23.5. The van der Waals surface area contributed by atoms with E-state index in [1.54, 1.807) is 28.2 Å². The maximum atomic E-state index is 14.6. The smallest absolute Gasteiger partial charge is 0.333 e. The van der Waals surface area contributed by atoms with Crippen LogP contribution in [0.25, 0.3) is 0 Å². The SMILES string of the molecule is CC[C@H](C)[C@@]1([C@@H](CC(=O)N2CCC[C@H]2[C@H](OC)[C@@H](C)C(=O)N[C@@H](Cc2ccccc2)C(=O)N2CCCCO2)OC)C[C@@H]1CC(C)C(=O)[C@@H](NC(=O)[C@H](C(C)C)N(C)CCCC(=O)ON1C(=O)CCC1=O)C(C)C. The average molecular weight is 1020 g/mol. The number of ketones is 1. The second-order valence-electron chi connectivity index (χ2n) is 21.9. The number of imide groups is 1. The number of likely N-dealkylation sites (tertiary alicyclic amines) is 1. The van der Waals surface area contributed by atoms with Crippen molar-refractivity contribution in [2.24, 2.45) is 40.9 Å². The van der Waals surface area contributed by atoms with Gasteiger partial charge in [0.05, 0.1) is 49.3 Å². The first kappa shape index (κ1) is 59.1. The monoisotopic (exact) mass is 1020 g/mol. The van der Waals surface area contributed by atoms with Gasteiger partial charge in [0.2, 0.25) is 17.7 Å². The van der Waals surface area contributed by atoms with Gasteiger partial charge in [-0.25, -0.2) is 9.86 Å². The second-order valence-corrected chi connectivity index (χ2v) is 21.9. The molecule has 4 aliphatic rings. The molecule has 3 heterocycles. The number of nitrogens with zero attached hydrogens (tertiary/aromatic N) is 4. The van der Waals surface area contributed by atoms with Gasteiger partial charge in [0.25, 0.3) is 17.7 Å². The Hall–Kier alpha value is -4.78. The molecule has 5 rings (SSSR count). The molecule has 1 saturated carbocycles. The highest BCUT2D eigenvalue weighted by Gasteiger charge is 2.62. The predicted molar refractivity (Wildman–Crippen MR) is 272 cm³/mol. The van der Waals surface area contributed by atoms with Crippen LogP contribution in [-0.2, 0) is 63.9 Å². The van der Waals surface area contributed by atoms with Gasteiger partial charge in [0.1, 0.15) is 6.04 Å². The van der Waals surface area contributed by atoms with Gasteiger partial charge in [-0.2, -0.15) is 0 Å². The minimum Gasteiger partial charge on any atom is -0.380 e. The standard InChI is InChI=1S/C55H86N6O12/c1-12-37(7)55(33-40(55)30-36(6)50(66)48(34(2)3)57-53(68)49(35(4)5)58(9)26-19-23-47(65)73-61-44(62)24-25-45(61)63)43(70-10)32-46(64)59-27-18-22-42(59)51(71-11)38(8)52(67)56-41(31-39-20-14-13-15-21-39)54(69)60-28-16-17-29-72-60/h13-15,20-21,34-38,40-43,48-49,51H,12,16-19,22-33H2,1-11H3,(H,56,67)(H,57,68)/t36?,37-,38+,40-,41-,42-,43+,48-,49-,51+,55-/m0/s1. The van der Waals surface area contributed by atoms with Gasteiger partial charge in [-0.3, -0.25) is 43.3 Å². The summed E-state index contributed by atoms with van der Waals surface area (Å²) in [5.41, 5.74) is 0.545. The number of likely N-dealkylation sites (N-methyl/N-ethyl adjacent to an activating group) is 1. The summed E-state index contributed by atoms with van der Waals surface area (Å²) in [6, 6.07) is 6.97. The zero-order valence-corrected chi connectivity index (χ0v) is 45.5. The third-order valence-corrected chi connectivity index (χ3v) is 16.2. The van der Waals surface area contributed by atoms with Crippen molar-refractivity contribution in [3.05, 3.63) is 35.9 Å². The van der Waals surface area contributed by atoms with Gasteiger partial charge in [0, 0.05) is 64.3 Å². The van der Waals surface area contributed by atoms with E-state index in [1.165, 1.54) is 5.06 Å².